The molecule has 1 saturated heterocycles. The molecular formula is C15H19N3O2. The van der Waals surface area contributed by atoms with Gasteiger partial charge in [-0.1, -0.05) is 0 Å². The van der Waals surface area contributed by atoms with E-state index in [1.807, 2.05) is 4.90 Å². The monoisotopic (exact) mass is 273 g/mol. The molecule has 106 valence electrons. The number of rotatable bonds is 4. The van der Waals surface area contributed by atoms with Crippen LogP contribution >= 0.6 is 0 Å². The summed E-state index contributed by atoms with van der Waals surface area (Å²) in [5.74, 6) is -0.0713. The van der Waals surface area contributed by atoms with E-state index < -0.39 is 0 Å². The highest BCUT2D eigenvalue weighted by Gasteiger charge is 2.29. The molecular weight excluding hydrogens is 254 g/mol. The summed E-state index contributed by atoms with van der Waals surface area (Å²) in [4.78, 5) is 18.6. The number of aryl methyl sites for hydroxylation is 1. The van der Waals surface area contributed by atoms with Gasteiger partial charge in [0.1, 0.15) is 11.8 Å². The van der Waals surface area contributed by atoms with Gasteiger partial charge in [0.15, 0.2) is 0 Å². The molecule has 0 saturated carbocycles. The number of pyridine rings is 1. The largest absolute Gasteiger partial charge is 0.396 e. The van der Waals surface area contributed by atoms with E-state index in [0.717, 1.165) is 25.8 Å². The van der Waals surface area contributed by atoms with Crippen molar-refractivity contribution in [1.82, 2.24) is 9.88 Å². The highest BCUT2D eigenvalue weighted by molar-refractivity contribution is 5.92. The van der Waals surface area contributed by atoms with Crippen LogP contribution in [0.1, 0.15) is 47.4 Å². The number of likely N-dealkylation sites (tertiary alicyclic amines) is 1. The summed E-state index contributed by atoms with van der Waals surface area (Å²) < 4.78 is 0. The van der Waals surface area contributed by atoms with Crippen LogP contribution in [-0.2, 0) is 0 Å². The van der Waals surface area contributed by atoms with Gasteiger partial charge >= 0.3 is 0 Å². The Morgan fingerprint density at radius 3 is 3.05 bits per heavy atom. The van der Waals surface area contributed by atoms with Gasteiger partial charge in [0.25, 0.3) is 5.91 Å². The van der Waals surface area contributed by atoms with Gasteiger partial charge in [0.05, 0.1) is 11.3 Å². The second kappa shape index (κ2) is 6.49. The lowest BCUT2D eigenvalue weighted by Crippen LogP contribution is -2.36. The van der Waals surface area contributed by atoms with Crippen LogP contribution in [0.2, 0.25) is 0 Å². The van der Waals surface area contributed by atoms with Crippen LogP contribution in [0, 0.1) is 18.3 Å². The first kappa shape index (κ1) is 14.5. The Bertz CT molecular complexity index is 536. The van der Waals surface area contributed by atoms with Crippen molar-refractivity contribution in [2.45, 2.75) is 38.6 Å². The van der Waals surface area contributed by atoms with Crippen LogP contribution in [0.5, 0.6) is 0 Å². The molecule has 0 bridgehead atoms. The lowest BCUT2D eigenvalue weighted by atomic mass is 10.1. The second-order valence-corrected chi connectivity index (χ2v) is 5.10. The van der Waals surface area contributed by atoms with Crippen molar-refractivity contribution in [2.75, 3.05) is 13.2 Å². The third-order valence-electron chi connectivity index (χ3n) is 3.76. The minimum Gasteiger partial charge on any atom is -0.396 e. The molecule has 0 spiro atoms. The molecule has 1 unspecified atom stereocenters. The fraction of sp³-hybridized carbons (Fsp3) is 0.533. The topological polar surface area (TPSA) is 77.2 Å². The zero-order valence-electron chi connectivity index (χ0n) is 11.7. The van der Waals surface area contributed by atoms with E-state index >= 15 is 0 Å². The van der Waals surface area contributed by atoms with E-state index in [0.29, 0.717) is 23.4 Å². The molecule has 20 heavy (non-hydrogen) atoms. The Kier molecular flexibility index (Phi) is 4.70. The van der Waals surface area contributed by atoms with Crippen molar-refractivity contribution < 1.29 is 9.90 Å². The molecule has 0 radical (unpaired) electrons. The van der Waals surface area contributed by atoms with Gasteiger partial charge in [-0.25, -0.2) is 4.98 Å². The van der Waals surface area contributed by atoms with Gasteiger partial charge in [0.2, 0.25) is 0 Å². The van der Waals surface area contributed by atoms with E-state index in [-0.39, 0.29) is 18.6 Å². The number of hydrogen-bond acceptors (Lipinski definition) is 4. The molecule has 2 heterocycles. The van der Waals surface area contributed by atoms with Crippen molar-refractivity contribution >= 4 is 5.91 Å². The number of carbonyl (C=O) groups is 1. The van der Waals surface area contributed by atoms with Gasteiger partial charge < -0.3 is 10.0 Å². The maximum atomic E-state index is 12.5. The molecule has 1 atom stereocenters. The van der Waals surface area contributed by atoms with Gasteiger partial charge in [-0.05, 0) is 44.7 Å². The Hall–Kier alpha value is -1.93. The number of carbonyl (C=O) groups excluding carboxylic acids is 1. The highest BCUT2D eigenvalue weighted by Crippen LogP contribution is 2.23. The van der Waals surface area contributed by atoms with E-state index in [2.05, 4.69) is 11.1 Å². The average Bonchev–Trinajstić information content (AvgIpc) is 2.92. The number of aromatic nitrogens is 1. The van der Waals surface area contributed by atoms with Gasteiger partial charge in [-0.3, -0.25) is 4.79 Å². The summed E-state index contributed by atoms with van der Waals surface area (Å²) >= 11 is 0. The summed E-state index contributed by atoms with van der Waals surface area (Å²) in [6, 6.07) is 5.52. The summed E-state index contributed by atoms with van der Waals surface area (Å²) in [6.45, 7) is 2.64. The quantitative estimate of drug-likeness (QED) is 0.904. The number of aliphatic hydroxyl groups excluding tert-OH is 1. The first-order valence-electron chi connectivity index (χ1n) is 6.97. The van der Waals surface area contributed by atoms with Crippen LogP contribution in [0.15, 0.2) is 12.1 Å². The van der Waals surface area contributed by atoms with Crippen LogP contribution in [0.4, 0.5) is 0 Å². The summed E-state index contributed by atoms with van der Waals surface area (Å²) in [7, 11) is 0. The normalized spacial score (nSPS) is 18.1. The number of nitrogens with zero attached hydrogens (tertiary/aromatic N) is 3. The number of hydrogen-bond donors (Lipinski definition) is 1. The van der Waals surface area contributed by atoms with Crippen molar-refractivity contribution in [3.8, 4) is 6.07 Å². The minimum atomic E-state index is -0.0713. The predicted octanol–water partition coefficient (Wildman–Crippen LogP) is 1.64. The maximum Gasteiger partial charge on any atom is 0.272 e. The summed E-state index contributed by atoms with van der Waals surface area (Å²) in [5.41, 5.74) is 1.49. The van der Waals surface area contributed by atoms with E-state index in [4.69, 9.17) is 10.4 Å². The molecule has 1 amide bonds. The van der Waals surface area contributed by atoms with Crippen LogP contribution in [0.3, 0.4) is 0 Å². The first-order chi connectivity index (χ1) is 9.67. The molecule has 1 aromatic rings. The molecule has 1 aliphatic rings. The average molecular weight is 273 g/mol. The van der Waals surface area contributed by atoms with Gasteiger partial charge in [-0.15, -0.1) is 0 Å². The molecule has 1 N–H and O–H groups in total. The maximum absolute atomic E-state index is 12.5. The molecule has 1 aliphatic heterocycles. The first-order valence-corrected chi connectivity index (χ1v) is 6.97. The standard InChI is InChI=1S/C15H19N3O2/c1-11-12(10-16)6-7-14(17-11)15(20)18-8-2-4-13(18)5-3-9-19/h6-7,13,19H,2-5,8-9H2,1H3. The van der Waals surface area contributed by atoms with E-state index in [9.17, 15) is 4.79 Å². The lowest BCUT2D eigenvalue weighted by Gasteiger charge is -2.24. The molecule has 0 aromatic carbocycles. The SMILES string of the molecule is Cc1nc(C(=O)N2CCCC2CCCO)ccc1C#N. The highest BCUT2D eigenvalue weighted by atomic mass is 16.3. The molecule has 2 rings (SSSR count). The van der Waals surface area contributed by atoms with Crippen LogP contribution in [0.25, 0.3) is 0 Å². The minimum absolute atomic E-state index is 0.0713. The third kappa shape index (κ3) is 2.97. The summed E-state index contributed by atoms with van der Waals surface area (Å²) in [6.07, 6.45) is 3.53. The molecule has 0 aliphatic carbocycles. The summed E-state index contributed by atoms with van der Waals surface area (Å²) in [5, 5.41) is 17.8. The van der Waals surface area contributed by atoms with E-state index in [1.165, 1.54) is 0 Å². The Labute approximate surface area is 118 Å². The zero-order chi connectivity index (χ0) is 14.5. The molecule has 5 heteroatoms. The van der Waals surface area contributed by atoms with Gasteiger partial charge in [0, 0.05) is 19.2 Å². The lowest BCUT2D eigenvalue weighted by molar-refractivity contribution is 0.0718. The van der Waals surface area contributed by atoms with Crippen molar-refractivity contribution in [1.29, 1.82) is 5.26 Å². The zero-order valence-corrected chi connectivity index (χ0v) is 11.7. The van der Waals surface area contributed by atoms with E-state index in [1.54, 1.807) is 19.1 Å². The molecule has 5 nitrogen and oxygen atoms in total. The van der Waals surface area contributed by atoms with Crippen molar-refractivity contribution in [3.63, 3.8) is 0 Å². The number of amides is 1. The smallest absolute Gasteiger partial charge is 0.272 e. The van der Waals surface area contributed by atoms with Crippen LogP contribution < -0.4 is 0 Å². The Balaban J connectivity index is 2.14. The Morgan fingerprint density at radius 1 is 1.60 bits per heavy atom. The molecule has 1 fully saturated rings. The Morgan fingerprint density at radius 2 is 2.40 bits per heavy atom. The second-order valence-electron chi connectivity index (χ2n) is 5.10. The van der Waals surface area contributed by atoms with Crippen molar-refractivity contribution in [3.05, 3.63) is 29.1 Å². The van der Waals surface area contributed by atoms with Gasteiger partial charge in [-0.2, -0.15) is 5.26 Å². The number of aliphatic hydroxyl groups is 1. The predicted molar refractivity (Wildman–Crippen MR) is 74.1 cm³/mol. The molecule has 1 aromatic heterocycles. The van der Waals surface area contributed by atoms with Crippen LogP contribution in [-0.4, -0.2) is 40.1 Å². The third-order valence-corrected chi connectivity index (χ3v) is 3.76. The number of nitriles is 1. The fourth-order valence-electron chi connectivity index (χ4n) is 2.68. The fourth-order valence-corrected chi connectivity index (χ4v) is 2.68. The van der Waals surface area contributed by atoms with Crippen molar-refractivity contribution in [2.24, 2.45) is 0 Å².